The predicted octanol–water partition coefficient (Wildman–Crippen LogP) is 3.38. The molecule has 0 spiro atoms. The summed E-state index contributed by atoms with van der Waals surface area (Å²) in [6.07, 6.45) is 0. The van der Waals surface area contributed by atoms with E-state index >= 15 is 0 Å². The minimum Gasteiger partial charge on any atom is -0.357 e. The lowest BCUT2D eigenvalue weighted by Crippen LogP contribution is -2.43. The van der Waals surface area contributed by atoms with Gasteiger partial charge in [0.15, 0.2) is 5.96 Å². The fourth-order valence-corrected chi connectivity index (χ4v) is 2.96. The van der Waals surface area contributed by atoms with E-state index in [2.05, 4.69) is 74.6 Å². The van der Waals surface area contributed by atoms with Crippen LogP contribution in [0.2, 0.25) is 0 Å². The molecule has 1 heterocycles. The first-order valence-electron chi connectivity index (χ1n) is 9.33. The van der Waals surface area contributed by atoms with E-state index in [1.165, 1.54) is 22.4 Å². The lowest BCUT2D eigenvalue weighted by Gasteiger charge is -2.27. The van der Waals surface area contributed by atoms with E-state index < -0.39 is 0 Å². The summed E-state index contributed by atoms with van der Waals surface area (Å²) < 4.78 is 1.92. The molecule has 0 saturated carbocycles. The largest absolute Gasteiger partial charge is 0.357 e. The Bertz CT molecular complexity index is 753. The number of hydrogen-bond acceptors (Lipinski definition) is 2. The van der Waals surface area contributed by atoms with Gasteiger partial charge in [-0.2, -0.15) is 5.10 Å². The summed E-state index contributed by atoms with van der Waals surface area (Å²) in [5.41, 5.74) is 6.04. The standard InChI is InChI=1S/C21H33N5/c1-8-22-20(23-13-19-16(3)25-26(7)17(19)4)24-14-21(5,6)18-11-9-15(2)10-12-18/h9-12H,8,13-14H2,1-7H3,(H2,22,23,24). The average Bonchev–Trinajstić information content (AvgIpc) is 2.83. The first kappa shape index (κ1) is 20.0. The van der Waals surface area contributed by atoms with Crippen molar-refractivity contribution in [2.45, 2.75) is 53.5 Å². The monoisotopic (exact) mass is 355 g/mol. The lowest BCUT2D eigenvalue weighted by atomic mass is 9.84. The van der Waals surface area contributed by atoms with Gasteiger partial charge in [-0.15, -0.1) is 0 Å². The number of guanidine groups is 1. The van der Waals surface area contributed by atoms with Gasteiger partial charge in [-0.3, -0.25) is 4.68 Å². The molecule has 1 aromatic heterocycles. The Kier molecular flexibility index (Phi) is 6.46. The van der Waals surface area contributed by atoms with E-state index in [0.29, 0.717) is 6.54 Å². The molecule has 5 heteroatoms. The van der Waals surface area contributed by atoms with Gasteiger partial charge in [0.05, 0.1) is 12.2 Å². The van der Waals surface area contributed by atoms with E-state index in [4.69, 9.17) is 4.99 Å². The van der Waals surface area contributed by atoms with Gasteiger partial charge in [0.1, 0.15) is 0 Å². The second-order valence-corrected chi connectivity index (χ2v) is 7.57. The highest BCUT2D eigenvalue weighted by molar-refractivity contribution is 5.79. The van der Waals surface area contributed by atoms with Crippen molar-refractivity contribution >= 4 is 5.96 Å². The third-order valence-corrected chi connectivity index (χ3v) is 4.93. The summed E-state index contributed by atoms with van der Waals surface area (Å²) in [6.45, 7) is 15.1. The Labute approximate surface area is 157 Å². The molecule has 2 rings (SSSR count). The third kappa shape index (κ3) is 4.87. The number of nitrogens with one attached hydrogen (secondary N) is 2. The number of aryl methyl sites for hydroxylation is 3. The smallest absolute Gasteiger partial charge is 0.191 e. The summed E-state index contributed by atoms with van der Waals surface area (Å²) in [6, 6.07) is 8.77. The van der Waals surface area contributed by atoms with Crippen molar-refractivity contribution in [1.82, 2.24) is 20.4 Å². The van der Waals surface area contributed by atoms with E-state index in [9.17, 15) is 0 Å². The van der Waals surface area contributed by atoms with Gasteiger partial charge in [-0.05, 0) is 33.3 Å². The minimum absolute atomic E-state index is 0.0179. The van der Waals surface area contributed by atoms with E-state index in [0.717, 1.165) is 24.7 Å². The molecule has 1 aromatic carbocycles. The van der Waals surface area contributed by atoms with Crippen LogP contribution in [0.25, 0.3) is 0 Å². The molecule has 142 valence electrons. The molecule has 0 unspecified atom stereocenters. The van der Waals surface area contributed by atoms with Crippen molar-refractivity contribution in [2.24, 2.45) is 12.0 Å². The van der Waals surface area contributed by atoms with Crippen molar-refractivity contribution in [3.05, 3.63) is 52.3 Å². The van der Waals surface area contributed by atoms with Crippen LogP contribution in [0.1, 0.15) is 48.8 Å². The quantitative estimate of drug-likeness (QED) is 0.617. The van der Waals surface area contributed by atoms with Crippen LogP contribution in [-0.2, 0) is 19.0 Å². The van der Waals surface area contributed by atoms with Crippen molar-refractivity contribution in [3.8, 4) is 0 Å². The molecule has 2 aromatic rings. The molecule has 0 bridgehead atoms. The molecule has 0 aliphatic heterocycles. The van der Waals surface area contributed by atoms with Crippen molar-refractivity contribution in [2.75, 3.05) is 13.1 Å². The average molecular weight is 356 g/mol. The fraction of sp³-hybridized carbons (Fsp3) is 0.524. The van der Waals surface area contributed by atoms with Gasteiger partial charge in [0.2, 0.25) is 0 Å². The Morgan fingerprint density at radius 3 is 2.31 bits per heavy atom. The van der Waals surface area contributed by atoms with Gasteiger partial charge in [-0.25, -0.2) is 4.99 Å². The van der Waals surface area contributed by atoms with Gasteiger partial charge < -0.3 is 10.6 Å². The maximum atomic E-state index is 4.77. The molecule has 5 nitrogen and oxygen atoms in total. The van der Waals surface area contributed by atoms with Crippen LogP contribution in [0.4, 0.5) is 0 Å². The summed E-state index contributed by atoms with van der Waals surface area (Å²) in [7, 11) is 1.98. The second-order valence-electron chi connectivity index (χ2n) is 7.57. The molecule has 0 aliphatic rings. The number of benzene rings is 1. The zero-order chi connectivity index (χ0) is 19.3. The van der Waals surface area contributed by atoms with Crippen molar-refractivity contribution < 1.29 is 0 Å². The SMILES string of the molecule is CCNC(=NCc1c(C)nn(C)c1C)NCC(C)(C)c1ccc(C)cc1. The van der Waals surface area contributed by atoms with Gasteiger partial charge in [0.25, 0.3) is 0 Å². The third-order valence-electron chi connectivity index (χ3n) is 4.93. The molecule has 0 amide bonds. The normalized spacial score (nSPS) is 12.3. The van der Waals surface area contributed by atoms with Gasteiger partial charge >= 0.3 is 0 Å². The highest BCUT2D eigenvalue weighted by Gasteiger charge is 2.21. The molecule has 0 fully saturated rings. The van der Waals surface area contributed by atoms with Crippen LogP contribution < -0.4 is 10.6 Å². The Hall–Kier alpha value is -2.30. The van der Waals surface area contributed by atoms with E-state index in [-0.39, 0.29) is 5.41 Å². The highest BCUT2D eigenvalue weighted by atomic mass is 15.3. The zero-order valence-corrected chi connectivity index (χ0v) is 17.3. The van der Waals surface area contributed by atoms with Crippen molar-refractivity contribution in [3.63, 3.8) is 0 Å². The van der Waals surface area contributed by atoms with E-state index in [1.54, 1.807) is 0 Å². The molecule has 0 saturated heterocycles. The lowest BCUT2D eigenvalue weighted by molar-refractivity contribution is 0.508. The molecule has 2 N–H and O–H groups in total. The zero-order valence-electron chi connectivity index (χ0n) is 17.3. The maximum absolute atomic E-state index is 4.77. The molecule has 26 heavy (non-hydrogen) atoms. The molecule has 0 atom stereocenters. The summed E-state index contributed by atoms with van der Waals surface area (Å²) in [5.74, 6) is 0.843. The molecule has 0 radical (unpaired) electrons. The van der Waals surface area contributed by atoms with Crippen molar-refractivity contribution in [1.29, 1.82) is 0 Å². The number of nitrogens with zero attached hydrogens (tertiary/aromatic N) is 3. The molecule has 0 aliphatic carbocycles. The van der Waals surface area contributed by atoms with Crippen LogP contribution in [0.15, 0.2) is 29.3 Å². The first-order chi connectivity index (χ1) is 12.2. The van der Waals surface area contributed by atoms with Crippen LogP contribution in [-0.4, -0.2) is 28.8 Å². The molecular formula is C21H33N5. The Morgan fingerprint density at radius 2 is 1.77 bits per heavy atom. The summed E-state index contributed by atoms with van der Waals surface area (Å²) >= 11 is 0. The van der Waals surface area contributed by atoms with Crippen LogP contribution in [0, 0.1) is 20.8 Å². The predicted molar refractivity (Wildman–Crippen MR) is 110 cm³/mol. The van der Waals surface area contributed by atoms with Gasteiger partial charge in [-0.1, -0.05) is 43.7 Å². The van der Waals surface area contributed by atoms with E-state index in [1.807, 2.05) is 18.7 Å². The topological polar surface area (TPSA) is 54.2 Å². The summed E-state index contributed by atoms with van der Waals surface area (Å²) in [4.78, 5) is 4.77. The number of aromatic nitrogens is 2. The second kappa shape index (κ2) is 8.39. The number of aliphatic imine (C=N–C) groups is 1. The van der Waals surface area contributed by atoms with Crippen LogP contribution >= 0.6 is 0 Å². The number of rotatable bonds is 6. The van der Waals surface area contributed by atoms with Crippen LogP contribution in [0.5, 0.6) is 0 Å². The Morgan fingerprint density at radius 1 is 1.12 bits per heavy atom. The maximum Gasteiger partial charge on any atom is 0.191 e. The molecular weight excluding hydrogens is 322 g/mol. The fourth-order valence-electron chi connectivity index (χ4n) is 2.96. The highest BCUT2D eigenvalue weighted by Crippen LogP contribution is 2.22. The summed E-state index contributed by atoms with van der Waals surface area (Å²) in [5, 5.41) is 11.3. The minimum atomic E-state index is 0.0179. The van der Waals surface area contributed by atoms with Crippen LogP contribution in [0.3, 0.4) is 0 Å². The number of hydrogen-bond donors (Lipinski definition) is 2. The van der Waals surface area contributed by atoms with Gasteiger partial charge in [0, 0.05) is 36.8 Å². The first-order valence-corrected chi connectivity index (χ1v) is 9.33. The Balaban J connectivity index is 2.08.